The van der Waals surface area contributed by atoms with Crippen LogP contribution in [0.25, 0.3) is 0 Å². The summed E-state index contributed by atoms with van der Waals surface area (Å²) >= 11 is 11.9. The molecule has 0 aliphatic rings. The summed E-state index contributed by atoms with van der Waals surface area (Å²) in [5.74, 6) is -0.329. The molecule has 0 spiro atoms. The molecule has 1 aromatic carbocycles. The van der Waals surface area contributed by atoms with E-state index in [1.165, 1.54) is 24.1 Å². The fourth-order valence-electron chi connectivity index (χ4n) is 1.30. The Kier molecular flexibility index (Phi) is 5.44. The fraction of sp³-hybridized carbons (Fsp3) is 0.333. The van der Waals surface area contributed by atoms with Gasteiger partial charge in [0.05, 0.1) is 23.7 Å². The van der Waals surface area contributed by atoms with Crippen LogP contribution in [0.5, 0.6) is 5.75 Å². The SMILES string of the molecule is COc1c(Cl)cc(C(=O)NCC(=O)N(C)C)cc1Cl. The van der Waals surface area contributed by atoms with Crippen molar-refractivity contribution in [3.63, 3.8) is 0 Å². The molecule has 0 radical (unpaired) electrons. The molecule has 7 heteroatoms. The first kappa shape index (κ1) is 15.6. The lowest BCUT2D eigenvalue weighted by Crippen LogP contribution is -2.36. The van der Waals surface area contributed by atoms with E-state index in [0.29, 0.717) is 5.75 Å². The number of rotatable bonds is 4. The van der Waals surface area contributed by atoms with E-state index in [0.717, 1.165) is 0 Å². The third-order valence-corrected chi connectivity index (χ3v) is 2.93. The molecule has 104 valence electrons. The molecule has 0 atom stereocenters. The lowest BCUT2D eigenvalue weighted by molar-refractivity contribution is -0.127. The second-order valence-corrected chi connectivity index (χ2v) is 4.76. The lowest BCUT2D eigenvalue weighted by atomic mass is 10.2. The molecule has 0 aromatic heterocycles. The summed E-state index contributed by atoms with van der Waals surface area (Å²) < 4.78 is 4.98. The van der Waals surface area contributed by atoms with Crippen molar-refractivity contribution in [2.24, 2.45) is 0 Å². The maximum atomic E-state index is 11.8. The number of nitrogens with zero attached hydrogens (tertiary/aromatic N) is 1. The number of carbonyl (C=O) groups is 2. The van der Waals surface area contributed by atoms with Crippen molar-refractivity contribution < 1.29 is 14.3 Å². The van der Waals surface area contributed by atoms with Crippen molar-refractivity contribution in [3.8, 4) is 5.75 Å². The van der Waals surface area contributed by atoms with Crippen LogP contribution >= 0.6 is 23.2 Å². The Balaban J connectivity index is 2.81. The molecule has 19 heavy (non-hydrogen) atoms. The van der Waals surface area contributed by atoms with E-state index in [9.17, 15) is 9.59 Å². The Bertz CT molecular complexity index is 481. The van der Waals surface area contributed by atoms with Crippen molar-refractivity contribution in [1.82, 2.24) is 10.2 Å². The molecule has 0 saturated heterocycles. The first-order valence-electron chi connectivity index (χ1n) is 5.38. The minimum atomic E-state index is -0.429. The highest BCUT2D eigenvalue weighted by Gasteiger charge is 2.14. The van der Waals surface area contributed by atoms with Crippen molar-refractivity contribution in [3.05, 3.63) is 27.7 Å². The maximum absolute atomic E-state index is 11.8. The van der Waals surface area contributed by atoms with Crippen LogP contribution < -0.4 is 10.1 Å². The molecule has 0 bridgehead atoms. The number of amides is 2. The van der Waals surface area contributed by atoms with Gasteiger partial charge >= 0.3 is 0 Å². The summed E-state index contributed by atoms with van der Waals surface area (Å²) in [6, 6.07) is 2.86. The zero-order chi connectivity index (χ0) is 14.6. The van der Waals surface area contributed by atoms with Gasteiger partial charge in [-0.05, 0) is 12.1 Å². The number of hydrogen-bond donors (Lipinski definition) is 1. The Morgan fingerprint density at radius 2 is 1.79 bits per heavy atom. The highest BCUT2D eigenvalue weighted by molar-refractivity contribution is 6.37. The standard InChI is InChI=1S/C12H14Cl2N2O3/c1-16(2)10(17)6-15-12(18)7-4-8(13)11(19-3)9(14)5-7/h4-5H,6H2,1-3H3,(H,15,18). The molecule has 0 saturated carbocycles. The highest BCUT2D eigenvalue weighted by Crippen LogP contribution is 2.33. The van der Waals surface area contributed by atoms with Gasteiger partial charge < -0.3 is 15.0 Å². The number of ether oxygens (including phenoxy) is 1. The normalized spacial score (nSPS) is 9.95. The molecule has 5 nitrogen and oxygen atoms in total. The second kappa shape index (κ2) is 6.63. The topological polar surface area (TPSA) is 58.6 Å². The molecule has 1 rings (SSSR count). The van der Waals surface area contributed by atoms with E-state index in [2.05, 4.69) is 5.32 Å². The highest BCUT2D eigenvalue weighted by atomic mass is 35.5. The van der Waals surface area contributed by atoms with Gasteiger partial charge in [0.25, 0.3) is 5.91 Å². The van der Waals surface area contributed by atoms with E-state index >= 15 is 0 Å². The van der Waals surface area contributed by atoms with E-state index in [1.54, 1.807) is 14.1 Å². The Hall–Kier alpha value is -1.46. The Morgan fingerprint density at radius 3 is 2.21 bits per heavy atom. The molecule has 0 heterocycles. The summed E-state index contributed by atoms with van der Waals surface area (Å²) in [4.78, 5) is 24.6. The summed E-state index contributed by atoms with van der Waals surface area (Å²) in [7, 11) is 4.65. The lowest BCUT2D eigenvalue weighted by Gasteiger charge is -2.12. The molecule has 0 unspecified atom stereocenters. The third-order valence-electron chi connectivity index (χ3n) is 2.36. The summed E-state index contributed by atoms with van der Waals surface area (Å²) in [5, 5.41) is 2.95. The van der Waals surface area contributed by atoms with Gasteiger partial charge in [-0.2, -0.15) is 0 Å². The minimum Gasteiger partial charge on any atom is -0.494 e. The smallest absolute Gasteiger partial charge is 0.251 e. The number of hydrogen-bond acceptors (Lipinski definition) is 3. The third kappa shape index (κ3) is 4.01. The predicted molar refractivity (Wildman–Crippen MR) is 74.0 cm³/mol. The average Bonchev–Trinajstić information content (AvgIpc) is 2.34. The van der Waals surface area contributed by atoms with Gasteiger partial charge in [0.2, 0.25) is 5.91 Å². The van der Waals surface area contributed by atoms with Crippen LogP contribution in [0.15, 0.2) is 12.1 Å². The van der Waals surface area contributed by atoms with Gasteiger partial charge in [-0.25, -0.2) is 0 Å². The molecule has 1 N–H and O–H groups in total. The van der Waals surface area contributed by atoms with E-state index in [1.807, 2.05) is 0 Å². The Morgan fingerprint density at radius 1 is 1.26 bits per heavy atom. The van der Waals surface area contributed by atoms with Crippen LogP contribution in [0.4, 0.5) is 0 Å². The molecular weight excluding hydrogens is 291 g/mol. The summed E-state index contributed by atoms with van der Waals surface area (Å²) in [6.07, 6.45) is 0. The fourth-order valence-corrected chi connectivity index (χ4v) is 1.94. The number of nitrogens with one attached hydrogen (secondary N) is 1. The monoisotopic (exact) mass is 304 g/mol. The van der Waals surface area contributed by atoms with Crippen molar-refractivity contribution in [2.45, 2.75) is 0 Å². The number of benzene rings is 1. The van der Waals surface area contributed by atoms with Crippen LogP contribution in [0.1, 0.15) is 10.4 Å². The minimum absolute atomic E-state index is 0.0902. The Labute approximate surface area is 121 Å². The average molecular weight is 305 g/mol. The predicted octanol–water partition coefficient (Wildman–Crippen LogP) is 1.82. The zero-order valence-corrected chi connectivity index (χ0v) is 12.3. The summed E-state index contributed by atoms with van der Waals surface area (Å²) in [6.45, 7) is -0.0902. The van der Waals surface area contributed by atoms with Gasteiger partial charge in [0.15, 0.2) is 5.75 Å². The van der Waals surface area contributed by atoms with Crippen LogP contribution in [-0.4, -0.2) is 44.5 Å². The zero-order valence-electron chi connectivity index (χ0n) is 10.8. The quantitative estimate of drug-likeness (QED) is 0.923. The number of likely N-dealkylation sites (N-methyl/N-ethyl adjacent to an activating group) is 1. The van der Waals surface area contributed by atoms with Gasteiger partial charge in [0.1, 0.15) is 0 Å². The van der Waals surface area contributed by atoms with Crippen LogP contribution in [0, 0.1) is 0 Å². The number of methoxy groups -OCH3 is 1. The first-order chi connectivity index (χ1) is 8.86. The first-order valence-corrected chi connectivity index (χ1v) is 6.13. The van der Waals surface area contributed by atoms with Crippen LogP contribution in [0.3, 0.4) is 0 Å². The summed E-state index contributed by atoms with van der Waals surface area (Å²) in [5.41, 5.74) is 0.266. The van der Waals surface area contributed by atoms with Crippen LogP contribution in [-0.2, 0) is 4.79 Å². The molecular formula is C12H14Cl2N2O3. The number of carbonyl (C=O) groups excluding carboxylic acids is 2. The van der Waals surface area contributed by atoms with E-state index in [4.69, 9.17) is 27.9 Å². The van der Waals surface area contributed by atoms with Gasteiger partial charge in [-0.3, -0.25) is 9.59 Å². The maximum Gasteiger partial charge on any atom is 0.251 e. The molecule has 0 aliphatic carbocycles. The van der Waals surface area contributed by atoms with Gasteiger partial charge in [0, 0.05) is 19.7 Å². The molecule has 2 amide bonds. The van der Waals surface area contributed by atoms with E-state index in [-0.39, 0.29) is 28.1 Å². The molecule has 0 aliphatic heterocycles. The van der Waals surface area contributed by atoms with Crippen molar-refractivity contribution in [2.75, 3.05) is 27.7 Å². The van der Waals surface area contributed by atoms with Crippen LogP contribution in [0.2, 0.25) is 10.0 Å². The second-order valence-electron chi connectivity index (χ2n) is 3.94. The van der Waals surface area contributed by atoms with Gasteiger partial charge in [-0.15, -0.1) is 0 Å². The molecule has 0 fully saturated rings. The molecule has 1 aromatic rings. The van der Waals surface area contributed by atoms with E-state index < -0.39 is 5.91 Å². The van der Waals surface area contributed by atoms with Crippen molar-refractivity contribution in [1.29, 1.82) is 0 Å². The number of halogens is 2. The van der Waals surface area contributed by atoms with Crippen molar-refractivity contribution >= 4 is 35.0 Å². The largest absolute Gasteiger partial charge is 0.494 e. The van der Waals surface area contributed by atoms with Gasteiger partial charge in [-0.1, -0.05) is 23.2 Å².